The van der Waals surface area contributed by atoms with Gasteiger partial charge in [0.05, 0.1) is 0 Å². The van der Waals surface area contributed by atoms with Crippen LogP contribution in [0, 0.1) is 29.6 Å². The van der Waals surface area contributed by atoms with Crippen LogP contribution in [0.4, 0.5) is 0 Å². The molecule has 0 aliphatic rings. The number of hydrogen-bond donors (Lipinski definition) is 0. The smallest absolute Gasteiger partial charge is 0.174 e. The van der Waals surface area contributed by atoms with Gasteiger partial charge in [0, 0.05) is 10.9 Å². The molecule has 1 aromatic rings. The maximum atomic E-state index is 8.52. The molecule has 0 bridgehead atoms. The van der Waals surface area contributed by atoms with Gasteiger partial charge in [0.15, 0.2) is 6.61 Å². The van der Waals surface area contributed by atoms with Crippen LogP contribution in [0.15, 0.2) is 22.7 Å². The van der Waals surface area contributed by atoms with Crippen molar-refractivity contribution in [2.45, 2.75) is 26.2 Å². The molecule has 1 aromatic carbocycles. The Balaban J connectivity index is 3.05. The second-order valence-corrected chi connectivity index (χ2v) is 5.24. The quantitative estimate of drug-likeness (QED) is 0.767. The molecule has 0 amide bonds. The zero-order valence-corrected chi connectivity index (χ0v) is 12.2. The van der Waals surface area contributed by atoms with Crippen LogP contribution < -0.4 is 4.74 Å². The number of terminal acetylenes is 1. The van der Waals surface area contributed by atoms with Crippen LogP contribution in [-0.2, 0) is 0 Å². The van der Waals surface area contributed by atoms with Gasteiger partial charge in [-0.2, -0.15) is 5.26 Å². The fraction of sp³-hybridized carbons (Fsp3) is 0.400. The summed E-state index contributed by atoms with van der Waals surface area (Å²) in [6, 6.07) is 7.71. The van der Waals surface area contributed by atoms with E-state index < -0.39 is 0 Å². The van der Waals surface area contributed by atoms with E-state index in [1.54, 1.807) is 0 Å². The summed E-state index contributed by atoms with van der Waals surface area (Å²) < 4.78 is 6.35. The lowest BCUT2D eigenvalue weighted by Crippen LogP contribution is -2.07. The molecular formula is C15H16BrNO. The lowest BCUT2D eigenvalue weighted by atomic mass is 9.86. The minimum Gasteiger partial charge on any atom is -0.479 e. The molecular weight excluding hydrogens is 290 g/mol. The minimum atomic E-state index is 0.0581. The van der Waals surface area contributed by atoms with E-state index >= 15 is 0 Å². The summed E-state index contributed by atoms with van der Waals surface area (Å²) in [5.41, 5.74) is 1.14. The van der Waals surface area contributed by atoms with Crippen LogP contribution in [0.5, 0.6) is 5.75 Å². The third kappa shape index (κ3) is 3.79. The zero-order valence-electron chi connectivity index (χ0n) is 10.6. The Morgan fingerprint density at radius 2 is 2.17 bits per heavy atom. The molecule has 1 atom stereocenters. The molecule has 0 fully saturated rings. The van der Waals surface area contributed by atoms with Crippen molar-refractivity contribution in [3.8, 4) is 24.2 Å². The Bertz CT molecular complexity index is 482. The van der Waals surface area contributed by atoms with E-state index in [2.05, 4.69) is 35.7 Å². The van der Waals surface area contributed by atoms with E-state index in [1.165, 1.54) is 0 Å². The fourth-order valence-electron chi connectivity index (χ4n) is 1.84. The molecule has 1 unspecified atom stereocenters. The lowest BCUT2D eigenvalue weighted by molar-refractivity contribution is 0.366. The molecule has 0 N–H and O–H groups in total. The first-order valence-electron chi connectivity index (χ1n) is 5.82. The van der Waals surface area contributed by atoms with Gasteiger partial charge in [-0.1, -0.05) is 29.8 Å². The topological polar surface area (TPSA) is 33.0 Å². The predicted molar refractivity (Wildman–Crippen MR) is 76.3 cm³/mol. The highest BCUT2D eigenvalue weighted by atomic mass is 79.9. The van der Waals surface area contributed by atoms with Gasteiger partial charge in [-0.05, 0) is 35.6 Å². The fourth-order valence-corrected chi connectivity index (χ4v) is 2.38. The Kier molecular flexibility index (Phi) is 5.75. The van der Waals surface area contributed by atoms with Gasteiger partial charge in [-0.15, -0.1) is 12.3 Å². The number of rotatable bonds is 5. The number of hydrogen-bond acceptors (Lipinski definition) is 2. The summed E-state index contributed by atoms with van der Waals surface area (Å²) in [7, 11) is 0. The molecule has 94 valence electrons. The molecule has 0 saturated heterocycles. The molecule has 0 saturated carbocycles. The Labute approximate surface area is 117 Å². The Morgan fingerprint density at radius 3 is 2.72 bits per heavy atom. The van der Waals surface area contributed by atoms with E-state index in [1.807, 2.05) is 24.3 Å². The van der Waals surface area contributed by atoms with Crippen molar-refractivity contribution in [1.82, 2.24) is 0 Å². The zero-order chi connectivity index (χ0) is 13.5. The van der Waals surface area contributed by atoms with E-state index in [4.69, 9.17) is 16.4 Å². The second-order valence-electron chi connectivity index (χ2n) is 4.39. The van der Waals surface area contributed by atoms with Crippen molar-refractivity contribution in [2.24, 2.45) is 5.92 Å². The van der Waals surface area contributed by atoms with Gasteiger partial charge in [0.2, 0.25) is 0 Å². The second kappa shape index (κ2) is 7.09. The number of nitrogens with zero attached hydrogens (tertiary/aromatic N) is 1. The van der Waals surface area contributed by atoms with Gasteiger partial charge in [-0.25, -0.2) is 0 Å². The van der Waals surface area contributed by atoms with Crippen molar-refractivity contribution in [1.29, 1.82) is 5.26 Å². The lowest BCUT2D eigenvalue weighted by Gasteiger charge is -2.21. The SMILES string of the molecule is C#CCC(c1cc(OCC#N)ccc1Br)C(C)C. The molecule has 0 heterocycles. The highest BCUT2D eigenvalue weighted by Gasteiger charge is 2.18. The van der Waals surface area contributed by atoms with Crippen LogP contribution >= 0.6 is 15.9 Å². The standard InChI is InChI=1S/C15H16BrNO/c1-4-5-13(11(2)3)14-10-12(18-9-8-17)6-7-15(14)16/h1,6-7,10-11,13H,5,9H2,2-3H3. The average molecular weight is 306 g/mol. The van der Waals surface area contributed by atoms with Crippen LogP contribution in [0.2, 0.25) is 0 Å². The van der Waals surface area contributed by atoms with Gasteiger partial charge in [0.1, 0.15) is 11.8 Å². The number of benzene rings is 1. The Morgan fingerprint density at radius 1 is 1.44 bits per heavy atom. The maximum absolute atomic E-state index is 8.52. The highest BCUT2D eigenvalue weighted by molar-refractivity contribution is 9.10. The molecule has 1 rings (SSSR count). The first-order chi connectivity index (χ1) is 8.60. The highest BCUT2D eigenvalue weighted by Crippen LogP contribution is 2.35. The first-order valence-corrected chi connectivity index (χ1v) is 6.62. The molecule has 2 nitrogen and oxygen atoms in total. The van der Waals surface area contributed by atoms with Gasteiger partial charge in [0.25, 0.3) is 0 Å². The predicted octanol–water partition coefficient (Wildman–Crippen LogP) is 4.11. The normalized spacial score (nSPS) is 11.7. The maximum Gasteiger partial charge on any atom is 0.174 e. The largest absolute Gasteiger partial charge is 0.479 e. The third-order valence-electron chi connectivity index (χ3n) is 2.81. The molecule has 18 heavy (non-hydrogen) atoms. The summed E-state index contributed by atoms with van der Waals surface area (Å²) >= 11 is 3.55. The van der Waals surface area contributed by atoms with Crippen molar-refractivity contribution < 1.29 is 4.74 Å². The third-order valence-corrected chi connectivity index (χ3v) is 3.53. The van der Waals surface area contributed by atoms with Crippen molar-refractivity contribution in [3.05, 3.63) is 28.2 Å². The van der Waals surface area contributed by atoms with E-state index in [9.17, 15) is 0 Å². The van der Waals surface area contributed by atoms with E-state index in [-0.39, 0.29) is 12.5 Å². The molecule has 3 heteroatoms. The van der Waals surface area contributed by atoms with Crippen LogP contribution in [0.3, 0.4) is 0 Å². The Hall–Kier alpha value is -1.45. The van der Waals surface area contributed by atoms with Crippen molar-refractivity contribution in [2.75, 3.05) is 6.61 Å². The number of ether oxygens (including phenoxy) is 1. The van der Waals surface area contributed by atoms with E-state index in [0.717, 1.165) is 10.0 Å². The molecule has 0 radical (unpaired) electrons. The minimum absolute atomic E-state index is 0.0581. The molecule has 0 aliphatic heterocycles. The average Bonchev–Trinajstić information content (AvgIpc) is 2.35. The summed E-state index contributed by atoms with van der Waals surface area (Å²) in [4.78, 5) is 0. The van der Waals surface area contributed by atoms with Crippen LogP contribution in [0.25, 0.3) is 0 Å². The summed E-state index contributed by atoms with van der Waals surface area (Å²) in [5.74, 6) is 4.16. The number of nitriles is 1. The molecule has 0 aliphatic carbocycles. The van der Waals surface area contributed by atoms with Gasteiger partial charge < -0.3 is 4.74 Å². The number of halogens is 1. The molecule has 0 spiro atoms. The van der Waals surface area contributed by atoms with Crippen LogP contribution in [0.1, 0.15) is 31.7 Å². The van der Waals surface area contributed by atoms with Crippen molar-refractivity contribution >= 4 is 15.9 Å². The van der Waals surface area contributed by atoms with Gasteiger partial charge in [-0.3, -0.25) is 0 Å². The first kappa shape index (κ1) is 14.6. The monoisotopic (exact) mass is 305 g/mol. The van der Waals surface area contributed by atoms with E-state index in [0.29, 0.717) is 18.1 Å². The summed E-state index contributed by atoms with van der Waals surface area (Å²) in [6.07, 6.45) is 6.13. The van der Waals surface area contributed by atoms with Gasteiger partial charge >= 0.3 is 0 Å². The summed E-state index contributed by atoms with van der Waals surface area (Å²) in [6.45, 7) is 4.36. The van der Waals surface area contributed by atoms with Crippen molar-refractivity contribution in [3.63, 3.8) is 0 Å². The van der Waals surface area contributed by atoms with Crippen LogP contribution in [-0.4, -0.2) is 6.61 Å². The molecule has 0 aromatic heterocycles. The summed E-state index contributed by atoms with van der Waals surface area (Å²) in [5, 5.41) is 8.52.